The van der Waals surface area contributed by atoms with Gasteiger partial charge < -0.3 is 16.0 Å². The number of carbonyl (C=O) groups is 1. The number of aryl methyl sites for hydroxylation is 1. The lowest BCUT2D eigenvalue weighted by Gasteiger charge is -2.38. The molecule has 0 aromatic heterocycles. The van der Waals surface area contributed by atoms with E-state index in [9.17, 15) is 4.79 Å². The zero-order valence-electron chi connectivity index (χ0n) is 12.2. The van der Waals surface area contributed by atoms with E-state index in [1.165, 1.54) is 5.56 Å². The molecule has 19 heavy (non-hydrogen) atoms. The van der Waals surface area contributed by atoms with Gasteiger partial charge in [0.05, 0.1) is 11.4 Å². The minimum atomic E-state index is 0.0558. The van der Waals surface area contributed by atoms with Crippen LogP contribution in [0.1, 0.15) is 39.2 Å². The van der Waals surface area contributed by atoms with Crippen molar-refractivity contribution in [3.05, 3.63) is 17.7 Å². The molecule has 0 bridgehead atoms. The van der Waals surface area contributed by atoms with E-state index in [1.807, 2.05) is 6.07 Å². The summed E-state index contributed by atoms with van der Waals surface area (Å²) in [7, 11) is 2.07. The Bertz CT molecular complexity index is 508. The van der Waals surface area contributed by atoms with Crippen molar-refractivity contribution in [3.8, 4) is 0 Å². The second kappa shape index (κ2) is 4.76. The van der Waals surface area contributed by atoms with E-state index < -0.39 is 0 Å². The maximum Gasteiger partial charge on any atom is 0.224 e. The highest BCUT2D eigenvalue weighted by atomic mass is 16.1. The zero-order valence-corrected chi connectivity index (χ0v) is 12.2. The summed E-state index contributed by atoms with van der Waals surface area (Å²) in [5.74, 6) is 0.0712. The van der Waals surface area contributed by atoms with Gasteiger partial charge >= 0.3 is 0 Å². The number of fused-ring (bicyclic) bond motifs is 1. The van der Waals surface area contributed by atoms with Crippen molar-refractivity contribution in [1.29, 1.82) is 0 Å². The van der Waals surface area contributed by atoms with Gasteiger partial charge in [-0.2, -0.15) is 0 Å². The van der Waals surface area contributed by atoms with Gasteiger partial charge in [0.1, 0.15) is 0 Å². The summed E-state index contributed by atoms with van der Waals surface area (Å²) in [6.45, 7) is 6.58. The van der Waals surface area contributed by atoms with Crippen molar-refractivity contribution in [3.63, 3.8) is 0 Å². The highest BCUT2D eigenvalue weighted by molar-refractivity contribution is 5.95. The molecule has 4 nitrogen and oxygen atoms in total. The molecule has 2 rings (SSSR count). The molecule has 1 aliphatic rings. The molecule has 0 unspecified atom stereocenters. The van der Waals surface area contributed by atoms with Crippen LogP contribution >= 0.6 is 0 Å². The van der Waals surface area contributed by atoms with E-state index >= 15 is 0 Å². The van der Waals surface area contributed by atoms with E-state index in [0.29, 0.717) is 12.1 Å². The molecule has 4 heteroatoms. The van der Waals surface area contributed by atoms with Crippen LogP contribution in [0.3, 0.4) is 0 Å². The van der Waals surface area contributed by atoms with E-state index in [1.54, 1.807) is 0 Å². The van der Waals surface area contributed by atoms with Crippen LogP contribution in [0.4, 0.5) is 17.1 Å². The van der Waals surface area contributed by atoms with Gasteiger partial charge in [-0.1, -0.05) is 6.92 Å². The smallest absolute Gasteiger partial charge is 0.224 e. The van der Waals surface area contributed by atoms with Crippen LogP contribution in [0.2, 0.25) is 0 Å². The molecular formula is C15H23N3O. The van der Waals surface area contributed by atoms with Crippen LogP contribution in [-0.4, -0.2) is 18.5 Å². The number of benzene rings is 1. The number of hydrogen-bond acceptors (Lipinski definition) is 3. The van der Waals surface area contributed by atoms with Crippen molar-refractivity contribution in [1.82, 2.24) is 0 Å². The first-order valence-electron chi connectivity index (χ1n) is 6.81. The number of carbonyl (C=O) groups excluding carboxylic acids is 1. The molecule has 1 aliphatic heterocycles. The van der Waals surface area contributed by atoms with E-state index in [-0.39, 0.29) is 11.4 Å². The van der Waals surface area contributed by atoms with Gasteiger partial charge in [-0.3, -0.25) is 4.79 Å². The first kappa shape index (κ1) is 13.7. The Morgan fingerprint density at radius 2 is 2.05 bits per heavy atom. The number of nitrogens with zero attached hydrogens (tertiary/aromatic N) is 1. The van der Waals surface area contributed by atoms with Crippen LogP contribution < -0.4 is 16.0 Å². The number of rotatable bonds is 3. The number of nitrogens with one attached hydrogen (secondary N) is 1. The Morgan fingerprint density at radius 3 is 2.68 bits per heavy atom. The molecule has 0 atom stereocenters. The lowest BCUT2D eigenvalue weighted by molar-refractivity contribution is -0.116. The minimum absolute atomic E-state index is 0.0558. The van der Waals surface area contributed by atoms with Gasteiger partial charge in [0, 0.05) is 24.7 Å². The first-order chi connectivity index (χ1) is 8.85. The fourth-order valence-corrected chi connectivity index (χ4v) is 2.29. The average molecular weight is 261 g/mol. The van der Waals surface area contributed by atoms with Gasteiger partial charge in [-0.25, -0.2) is 0 Å². The van der Waals surface area contributed by atoms with E-state index in [2.05, 4.69) is 44.1 Å². The molecule has 1 amide bonds. The topological polar surface area (TPSA) is 58.4 Å². The highest BCUT2D eigenvalue weighted by Crippen LogP contribution is 2.35. The number of nitrogens with two attached hydrogens (primary N) is 1. The molecule has 1 aromatic rings. The predicted molar refractivity (Wildman–Crippen MR) is 80.6 cm³/mol. The monoisotopic (exact) mass is 261 g/mol. The number of hydrogen-bond donors (Lipinski definition) is 2. The van der Waals surface area contributed by atoms with Crippen molar-refractivity contribution >= 4 is 23.0 Å². The van der Waals surface area contributed by atoms with Crippen molar-refractivity contribution in [2.75, 3.05) is 23.0 Å². The molecule has 0 fully saturated rings. The summed E-state index contributed by atoms with van der Waals surface area (Å²) in [4.78, 5) is 13.6. The summed E-state index contributed by atoms with van der Waals surface area (Å²) in [6.07, 6.45) is 2.38. The van der Waals surface area contributed by atoms with Crippen LogP contribution in [0.5, 0.6) is 0 Å². The third kappa shape index (κ3) is 2.53. The second-order valence-electron chi connectivity index (χ2n) is 5.84. The largest absolute Gasteiger partial charge is 0.397 e. The number of nitrogen functional groups attached to an aromatic ring is 1. The summed E-state index contributed by atoms with van der Waals surface area (Å²) >= 11 is 0. The van der Waals surface area contributed by atoms with Crippen LogP contribution in [0.25, 0.3) is 0 Å². The summed E-state index contributed by atoms with van der Waals surface area (Å²) in [6, 6.07) is 3.99. The van der Waals surface area contributed by atoms with Crippen LogP contribution in [-0.2, 0) is 11.2 Å². The summed E-state index contributed by atoms with van der Waals surface area (Å²) in [5, 5.41) is 2.88. The van der Waals surface area contributed by atoms with Gasteiger partial charge in [-0.15, -0.1) is 0 Å². The Labute approximate surface area is 115 Å². The minimum Gasteiger partial charge on any atom is -0.397 e. The average Bonchev–Trinajstić information content (AvgIpc) is 2.37. The highest BCUT2D eigenvalue weighted by Gasteiger charge is 2.25. The molecule has 0 aliphatic carbocycles. The van der Waals surface area contributed by atoms with Gasteiger partial charge in [0.15, 0.2) is 0 Å². The van der Waals surface area contributed by atoms with E-state index in [4.69, 9.17) is 5.73 Å². The Kier molecular flexibility index (Phi) is 3.43. The molecule has 1 heterocycles. The Hall–Kier alpha value is -1.71. The van der Waals surface area contributed by atoms with Gasteiger partial charge in [0.25, 0.3) is 0 Å². The predicted octanol–water partition coefficient (Wildman–Crippen LogP) is 2.78. The van der Waals surface area contributed by atoms with Crippen LogP contribution in [0.15, 0.2) is 12.1 Å². The number of anilines is 3. The quantitative estimate of drug-likeness (QED) is 0.823. The van der Waals surface area contributed by atoms with Crippen molar-refractivity contribution in [2.24, 2.45) is 0 Å². The third-order valence-corrected chi connectivity index (χ3v) is 4.28. The molecule has 0 saturated carbocycles. The van der Waals surface area contributed by atoms with Crippen LogP contribution in [0, 0.1) is 0 Å². The van der Waals surface area contributed by atoms with E-state index in [0.717, 1.165) is 24.2 Å². The lowest BCUT2D eigenvalue weighted by atomic mass is 9.96. The maximum atomic E-state index is 11.4. The SMILES string of the molecule is CCC(C)(C)N(C)c1cc2c(cc1N)NC(=O)CC2. The van der Waals surface area contributed by atoms with Gasteiger partial charge in [0.2, 0.25) is 5.91 Å². The zero-order chi connectivity index (χ0) is 14.2. The first-order valence-corrected chi connectivity index (χ1v) is 6.81. The Morgan fingerprint density at radius 1 is 1.37 bits per heavy atom. The summed E-state index contributed by atoms with van der Waals surface area (Å²) < 4.78 is 0. The second-order valence-corrected chi connectivity index (χ2v) is 5.84. The lowest BCUT2D eigenvalue weighted by Crippen LogP contribution is -2.41. The van der Waals surface area contributed by atoms with Crippen molar-refractivity contribution < 1.29 is 4.79 Å². The fraction of sp³-hybridized carbons (Fsp3) is 0.533. The molecule has 0 saturated heterocycles. The third-order valence-electron chi connectivity index (χ3n) is 4.28. The molecule has 0 spiro atoms. The molecule has 1 aromatic carbocycles. The summed E-state index contributed by atoms with van der Waals surface area (Å²) in [5.41, 5.74) is 9.99. The van der Waals surface area contributed by atoms with Gasteiger partial charge in [-0.05, 0) is 44.4 Å². The Balaban J connectivity index is 2.41. The molecule has 0 radical (unpaired) electrons. The molecule has 3 N–H and O–H groups in total. The number of amides is 1. The molecule has 104 valence electrons. The normalized spacial score (nSPS) is 14.8. The molecular weight excluding hydrogens is 238 g/mol. The maximum absolute atomic E-state index is 11.4. The standard InChI is InChI=1S/C15H23N3O/c1-5-15(2,3)18(4)13-8-10-6-7-14(19)17-12(10)9-11(13)16/h8-9H,5-7,16H2,1-4H3,(H,17,19). The fourth-order valence-electron chi connectivity index (χ4n) is 2.29. The van der Waals surface area contributed by atoms with Crippen molar-refractivity contribution in [2.45, 2.75) is 45.6 Å².